The zero-order chi connectivity index (χ0) is 17.6. The van der Waals surface area contributed by atoms with Crippen LogP contribution < -0.4 is 0 Å². The second-order valence-electron chi connectivity index (χ2n) is 7.56. The molecule has 0 aromatic carbocycles. The number of likely N-dealkylation sites (N-methyl/N-ethyl adjacent to an activating group) is 1. The van der Waals surface area contributed by atoms with Crippen LogP contribution in [0.5, 0.6) is 0 Å². The fourth-order valence-electron chi connectivity index (χ4n) is 3.97. The summed E-state index contributed by atoms with van der Waals surface area (Å²) in [6.45, 7) is 3.35. The van der Waals surface area contributed by atoms with Crippen LogP contribution in [0.4, 0.5) is 0 Å². The van der Waals surface area contributed by atoms with Gasteiger partial charge in [0.1, 0.15) is 0 Å². The van der Waals surface area contributed by atoms with Crippen molar-refractivity contribution in [2.45, 2.75) is 76.8 Å². The first-order valence-electron chi connectivity index (χ1n) is 9.63. The summed E-state index contributed by atoms with van der Waals surface area (Å²) in [7, 11) is -1.01. The molecule has 1 atom stereocenters. The van der Waals surface area contributed by atoms with Crippen LogP contribution in [0.1, 0.15) is 64.7 Å². The summed E-state index contributed by atoms with van der Waals surface area (Å²) in [5.74, 6) is 0.648. The van der Waals surface area contributed by atoms with Crippen LogP contribution in [0.25, 0.3) is 0 Å². The molecule has 24 heavy (non-hydrogen) atoms. The maximum atomic E-state index is 12.9. The van der Waals surface area contributed by atoms with Gasteiger partial charge in [-0.3, -0.25) is 9.69 Å². The van der Waals surface area contributed by atoms with Gasteiger partial charge < -0.3 is 4.90 Å². The summed E-state index contributed by atoms with van der Waals surface area (Å²) < 4.78 is 23.3. The number of rotatable bonds is 7. The van der Waals surface area contributed by atoms with Crippen LogP contribution >= 0.6 is 0 Å². The average molecular weight is 359 g/mol. The monoisotopic (exact) mass is 358 g/mol. The molecule has 2 rings (SSSR count). The predicted molar refractivity (Wildman–Crippen MR) is 97.8 cm³/mol. The van der Waals surface area contributed by atoms with Gasteiger partial charge in [0.2, 0.25) is 5.91 Å². The number of hydrogen-bond donors (Lipinski definition) is 0. The number of amides is 1. The molecule has 1 aliphatic carbocycles. The first kappa shape index (κ1) is 19.7. The van der Waals surface area contributed by atoms with E-state index in [4.69, 9.17) is 0 Å². The Kier molecular flexibility index (Phi) is 7.54. The Morgan fingerprint density at radius 2 is 1.71 bits per heavy atom. The molecule has 1 aliphatic heterocycles. The lowest BCUT2D eigenvalue weighted by atomic mass is 10.1. The van der Waals surface area contributed by atoms with Crippen LogP contribution in [-0.2, 0) is 14.6 Å². The summed E-state index contributed by atoms with van der Waals surface area (Å²) in [5.41, 5.74) is 0. The van der Waals surface area contributed by atoms with E-state index in [1.807, 2.05) is 11.9 Å². The summed E-state index contributed by atoms with van der Waals surface area (Å²) in [6, 6.07) is 0.383. The van der Waals surface area contributed by atoms with Gasteiger partial charge >= 0.3 is 0 Å². The Balaban J connectivity index is 1.95. The van der Waals surface area contributed by atoms with E-state index in [0.29, 0.717) is 19.0 Å². The molecule has 0 aromatic rings. The van der Waals surface area contributed by atoms with E-state index in [1.165, 1.54) is 25.7 Å². The Labute approximate surface area is 147 Å². The van der Waals surface area contributed by atoms with Gasteiger partial charge in [-0.05, 0) is 32.7 Å². The first-order chi connectivity index (χ1) is 11.4. The molecular formula is C18H34N2O3S. The molecule has 0 N–H and O–H groups in total. The molecule has 2 aliphatic rings. The van der Waals surface area contributed by atoms with Crippen LogP contribution in [-0.4, -0.2) is 67.9 Å². The molecule has 1 saturated carbocycles. The van der Waals surface area contributed by atoms with E-state index >= 15 is 0 Å². The Hall–Kier alpha value is -0.620. The zero-order valence-electron chi connectivity index (χ0n) is 15.4. The van der Waals surface area contributed by atoms with Gasteiger partial charge in [0.15, 0.2) is 9.84 Å². The number of carbonyl (C=O) groups is 1. The van der Waals surface area contributed by atoms with Gasteiger partial charge in [0.25, 0.3) is 0 Å². The number of carbonyl (C=O) groups excluding carboxylic acids is 1. The number of nitrogens with zero attached hydrogens (tertiary/aromatic N) is 2. The lowest BCUT2D eigenvalue weighted by Gasteiger charge is -2.34. The van der Waals surface area contributed by atoms with Crippen molar-refractivity contribution >= 4 is 15.7 Å². The van der Waals surface area contributed by atoms with Gasteiger partial charge in [-0.15, -0.1) is 0 Å². The normalized spacial score (nSPS) is 24.9. The van der Waals surface area contributed by atoms with Gasteiger partial charge in [-0.2, -0.15) is 0 Å². The van der Waals surface area contributed by atoms with Crippen molar-refractivity contribution in [3.63, 3.8) is 0 Å². The van der Waals surface area contributed by atoms with Gasteiger partial charge in [0, 0.05) is 18.6 Å². The molecule has 1 heterocycles. The van der Waals surface area contributed by atoms with E-state index in [1.54, 1.807) is 0 Å². The summed E-state index contributed by atoms with van der Waals surface area (Å²) in [6.07, 6.45) is 10.0. The highest BCUT2D eigenvalue weighted by molar-refractivity contribution is 7.91. The van der Waals surface area contributed by atoms with E-state index < -0.39 is 9.84 Å². The van der Waals surface area contributed by atoms with E-state index in [0.717, 1.165) is 32.2 Å². The maximum Gasteiger partial charge on any atom is 0.236 e. The second kappa shape index (κ2) is 9.18. The lowest BCUT2D eigenvalue weighted by molar-refractivity contribution is -0.135. The molecule has 0 aromatic heterocycles. The van der Waals surface area contributed by atoms with E-state index in [9.17, 15) is 13.2 Å². The molecule has 1 unspecified atom stereocenters. The topological polar surface area (TPSA) is 57.7 Å². The maximum absolute atomic E-state index is 12.9. The predicted octanol–water partition coefficient (Wildman–Crippen LogP) is 2.46. The molecular weight excluding hydrogens is 324 g/mol. The molecule has 140 valence electrons. The Morgan fingerprint density at radius 1 is 1.04 bits per heavy atom. The van der Waals surface area contributed by atoms with Crippen LogP contribution in [0.3, 0.4) is 0 Å². The second-order valence-corrected chi connectivity index (χ2v) is 9.79. The van der Waals surface area contributed by atoms with Crippen molar-refractivity contribution in [1.29, 1.82) is 0 Å². The highest BCUT2D eigenvalue weighted by atomic mass is 32.2. The third-order valence-corrected chi connectivity index (χ3v) is 7.31. The molecule has 5 nitrogen and oxygen atoms in total. The molecule has 0 spiro atoms. The quantitative estimate of drug-likeness (QED) is 0.656. The summed E-state index contributed by atoms with van der Waals surface area (Å²) in [5, 5.41) is 0. The van der Waals surface area contributed by atoms with Crippen molar-refractivity contribution in [2.24, 2.45) is 0 Å². The fourth-order valence-corrected chi connectivity index (χ4v) is 5.77. The van der Waals surface area contributed by atoms with Gasteiger partial charge in [-0.25, -0.2) is 8.42 Å². The molecule has 0 radical (unpaired) electrons. The number of sulfone groups is 1. The highest BCUT2D eigenvalue weighted by Crippen LogP contribution is 2.23. The summed E-state index contributed by atoms with van der Waals surface area (Å²) in [4.78, 5) is 17.0. The van der Waals surface area contributed by atoms with Crippen molar-refractivity contribution in [2.75, 3.05) is 31.6 Å². The Bertz CT molecular complexity index is 498. The zero-order valence-corrected chi connectivity index (χ0v) is 16.2. The molecule has 0 bridgehead atoms. The Morgan fingerprint density at radius 3 is 2.25 bits per heavy atom. The van der Waals surface area contributed by atoms with E-state index in [-0.39, 0.29) is 23.5 Å². The minimum atomic E-state index is -2.90. The highest BCUT2D eigenvalue weighted by Gasteiger charge is 2.32. The van der Waals surface area contributed by atoms with Crippen molar-refractivity contribution < 1.29 is 13.2 Å². The van der Waals surface area contributed by atoms with Crippen LogP contribution in [0, 0.1) is 0 Å². The minimum absolute atomic E-state index is 0.00103. The van der Waals surface area contributed by atoms with Crippen LogP contribution in [0.2, 0.25) is 0 Å². The van der Waals surface area contributed by atoms with E-state index in [2.05, 4.69) is 11.8 Å². The molecule has 2 fully saturated rings. The molecule has 6 heteroatoms. The minimum Gasteiger partial charge on any atom is -0.339 e. The SMILES string of the molecule is CCCCN(C(=O)CN(C)C1CCS(=O)(=O)C1)C1CCCCCC1. The molecule has 1 amide bonds. The van der Waals surface area contributed by atoms with Crippen LogP contribution in [0.15, 0.2) is 0 Å². The van der Waals surface area contributed by atoms with Gasteiger partial charge in [0.05, 0.1) is 18.1 Å². The largest absolute Gasteiger partial charge is 0.339 e. The third-order valence-electron chi connectivity index (χ3n) is 5.55. The third kappa shape index (κ3) is 5.73. The molecule has 1 saturated heterocycles. The first-order valence-corrected chi connectivity index (χ1v) is 11.4. The number of hydrogen-bond acceptors (Lipinski definition) is 4. The standard InChI is InChI=1S/C18H34N2O3S/c1-3-4-12-20(16-9-7-5-6-8-10-16)18(21)14-19(2)17-11-13-24(22,23)15-17/h16-17H,3-15H2,1-2H3. The smallest absolute Gasteiger partial charge is 0.236 e. The summed E-state index contributed by atoms with van der Waals surface area (Å²) >= 11 is 0. The van der Waals surface area contributed by atoms with Crippen molar-refractivity contribution in [3.05, 3.63) is 0 Å². The van der Waals surface area contributed by atoms with Gasteiger partial charge in [-0.1, -0.05) is 39.0 Å². The number of unbranched alkanes of at least 4 members (excludes halogenated alkanes) is 1. The van der Waals surface area contributed by atoms with Crippen molar-refractivity contribution in [1.82, 2.24) is 9.80 Å². The fraction of sp³-hybridized carbons (Fsp3) is 0.944. The lowest BCUT2D eigenvalue weighted by Crippen LogP contribution is -2.47. The average Bonchev–Trinajstić information content (AvgIpc) is 2.74. The van der Waals surface area contributed by atoms with Crippen molar-refractivity contribution in [3.8, 4) is 0 Å².